The molecule has 8 nitrogen and oxygen atoms in total. The van der Waals surface area contributed by atoms with Crippen molar-refractivity contribution in [3.05, 3.63) is 23.3 Å². The number of aromatic nitrogens is 4. The van der Waals surface area contributed by atoms with Gasteiger partial charge in [0.05, 0.1) is 13.2 Å². The molecule has 0 aromatic carbocycles. The van der Waals surface area contributed by atoms with Crippen LogP contribution in [0.3, 0.4) is 0 Å². The highest BCUT2D eigenvalue weighted by atomic mass is 16.5. The Kier molecular flexibility index (Phi) is 6.10. The molecule has 4 rings (SSSR count). The van der Waals surface area contributed by atoms with Crippen molar-refractivity contribution in [2.45, 2.75) is 64.3 Å². The smallest absolute Gasteiger partial charge is 0.252 e. The fourth-order valence-electron chi connectivity index (χ4n) is 4.96. The van der Waals surface area contributed by atoms with Crippen LogP contribution in [0.15, 0.2) is 6.33 Å². The van der Waals surface area contributed by atoms with Crippen molar-refractivity contribution in [2.75, 3.05) is 32.8 Å². The molecule has 1 amide bonds. The van der Waals surface area contributed by atoms with Crippen LogP contribution < -0.4 is 5.32 Å². The molecule has 29 heavy (non-hydrogen) atoms. The van der Waals surface area contributed by atoms with E-state index < -0.39 is 0 Å². The maximum absolute atomic E-state index is 12.7. The number of hydrogen-bond donors (Lipinski definition) is 1. The first-order valence-corrected chi connectivity index (χ1v) is 10.8. The van der Waals surface area contributed by atoms with Gasteiger partial charge in [0.15, 0.2) is 0 Å². The quantitative estimate of drug-likeness (QED) is 0.796. The van der Waals surface area contributed by atoms with Crippen LogP contribution in [-0.2, 0) is 16.0 Å². The second-order valence-corrected chi connectivity index (χ2v) is 8.39. The minimum absolute atomic E-state index is 0.102. The minimum Gasteiger partial charge on any atom is -0.379 e. The van der Waals surface area contributed by atoms with E-state index in [2.05, 4.69) is 25.3 Å². The number of nitrogens with one attached hydrogen (secondary N) is 1. The van der Waals surface area contributed by atoms with Gasteiger partial charge in [-0.05, 0) is 38.7 Å². The van der Waals surface area contributed by atoms with E-state index in [-0.39, 0.29) is 11.4 Å². The van der Waals surface area contributed by atoms with Crippen LogP contribution in [-0.4, -0.2) is 68.8 Å². The van der Waals surface area contributed by atoms with E-state index in [1.165, 1.54) is 38.4 Å². The van der Waals surface area contributed by atoms with E-state index in [1.807, 2.05) is 13.8 Å². The van der Waals surface area contributed by atoms with Crippen molar-refractivity contribution < 1.29 is 9.53 Å². The average Bonchev–Trinajstić information content (AvgIpc) is 3.22. The molecule has 0 radical (unpaired) electrons. The van der Waals surface area contributed by atoms with E-state index >= 15 is 0 Å². The van der Waals surface area contributed by atoms with Gasteiger partial charge in [0.1, 0.15) is 6.33 Å². The zero-order valence-electron chi connectivity index (χ0n) is 17.6. The van der Waals surface area contributed by atoms with E-state index in [0.29, 0.717) is 18.6 Å². The molecule has 8 heteroatoms. The monoisotopic (exact) mass is 400 g/mol. The zero-order valence-corrected chi connectivity index (χ0v) is 17.6. The molecular formula is C21H32N6O2. The first-order valence-electron chi connectivity index (χ1n) is 10.8. The molecule has 2 aliphatic rings. The van der Waals surface area contributed by atoms with Crippen LogP contribution in [0.5, 0.6) is 0 Å². The summed E-state index contributed by atoms with van der Waals surface area (Å²) in [5.74, 6) is 0.721. The van der Waals surface area contributed by atoms with Gasteiger partial charge < -0.3 is 10.1 Å². The van der Waals surface area contributed by atoms with E-state index in [4.69, 9.17) is 4.74 Å². The molecule has 1 saturated heterocycles. The van der Waals surface area contributed by atoms with Gasteiger partial charge in [0.2, 0.25) is 5.91 Å². The Hall–Kier alpha value is -2.06. The summed E-state index contributed by atoms with van der Waals surface area (Å²) in [6, 6.07) is 0. The lowest BCUT2D eigenvalue weighted by atomic mass is 9.79. The summed E-state index contributed by atoms with van der Waals surface area (Å²) in [5, 5.41) is 7.49. The first-order chi connectivity index (χ1) is 14.1. The molecule has 2 aromatic rings. The molecule has 1 N–H and O–H groups in total. The highest BCUT2D eigenvalue weighted by Crippen LogP contribution is 2.33. The molecule has 2 aromatic heterocycles. The maximum Gasteiger partial charge on any atom is 0.252 e. The fraction of sp³-hybridized carbons (Fsp3) is 0.714. The van der Waals surface area contributed by atoms with Crippen LogP contribution >= 0.6 is 0 Å². The number of hydrogen-bond acceptors (Lipinski definition) is 6. The van der Waals surface area contributed by atoms with E-state index in [0.717, 1.165) is 49.8 Å². The Morgan fingerprint density at radius 2 is 1.97 bits per heavy atom. The third-order valence-electron chi connectivity index (χ3n) is 6.67. The Morgan fingerprint density at radius 1 is 1.21 bits per heavy atom. The number of carbonyl (C=O) groups is 1. The van der Waals surface area contributed by atoms with Gasteiger partial charge in [-0.1, -0.05) is 19.3 Å². The SMILES string of the molecule is Cc1nc2ncnn2c(C)c1CCC(=O)NCC1(N2CCOCC2)CCCCC1. The molecular weight excluding hydrogens is 368 g/mol. The number of carbonyl (C=O) groups excluding carboxylic acids is 1. The van der Waals surface area contributed by atoms with Crippen LogP contribution in [0, 0.1) is 13.8 Å². The van der Waals surface area contributed by atoms with E-state index in [1.54, 1.807) is 4.52 Å². The van der Waals surface area contributed by atoms with Crippen LogP contribution in [0.2, 0.25) is 0 Å². The molecule has 3 heterocycles. The van der Waals surface area contributed by atoms with Gasteiger partial charge >= 0.3 is 0 Å². The van der Waals surface area contributed by atoms with Crippen LogP contribution in [0.4, 0.5) is 0 Å². The number of fused-ring (bicyclic) bond motifs is 1. The molecule has 2 fully saturated rings. The largest absolute Gasteiger partial charge is 0.379 e. The molecule has 0 bridgehead atoms. The normalized spacial score (nSPS) is 20.1. The summed E-state index contributed by atoms with van der Waals surface area (Å²) >= 11 is 0. The summed E-state index contributed by atoms with van der Waals surface area (Å²) in [7, 11) is 0. The summed E-state index contributed by atoms with van der Waals surface area (Å²) in [6.45, 7) is 8.27. The first kappa shape index (κ1) is 20.2. The molecule has 0 spiro atoms. The highest BCUT2D eigenvalue weighted by Gasteiger charge is 2.38. The fourth-order valence-corrected chi connectivity index (χ4v) is 4.96. The topological polar surface area (TPSA) is 84.6 Å². The Labute approximate surface area is 172 Å². The summed E-state index contributed by atoms with van der Waals surface area (Å²) in [5.41, 5.74) is 3.12. The van der Waals surface area contributed by atoms with E-state index in [9.17, 15) is 4.79 Å². The number of nitrogens with zero attached hydrogens (tertiary/aromatic N) is 5. The second kappa shape index (κ2) is 8.75. The average molecular weight is 401 g/mol. The summed E-state index contributed by atoms with van der Waals surface area (Å²) in [6.07, 6.45) is 8.76. The maximum atomic E-state index is 12.7. The van der Waals surface area contributed by atoms with Crippen molar-refractivity contribution in [2.24, 2.45) is 0 Å². The number of ether oxygens (including phenoxy) is 1. The number of morpholine rings is 1. The van der Waals surface area contributed by atoms with Crippen LogP contribution in [0.25, 0.3) is 5.78 Å². The number of amides is 1. The third kappa shape index (κ3) is 4.28. The Balaban J connectivity index is 1.38. The predicted octanol–water partition coefficient (Wildman–Crippen LogP) is 1.83. The second-order valence-electron chi connectivity index (χ2n) is 8.39. The minimum atomic E-state index is 0.102. The lowest BCUT2D eigenvalue weighted by Gasteiger charge is -2.48. The van der Waals surface area contributed by atoms with Gasteiger partial charge in [-0.15, -0.1) is 0 Å². The van der Waals surface area contributed by atoms with Gasteiger partial charge in [-0.25, -0.2) is 9.50 Å². The van der Waals surface area contributed by atoms with Gasteiger partial charge in [-0.2, -0.15) is 10.1 Å². The van der Waals surface area contributed by atoms with Crippen molar-refractivity contribution in [3.63, 3.8) is 0 Å². The van der Waals surface area contributed by atoms with Gasteiger partial charge in [0, 0.05) is 43.0 Å². The lowest BCUT2D eigenvalue weighted by Crippen LogP contribution is -2.59. The van der Waals surface area contributed by atoms with Crippen molar-refractivity contribution in [1.29, 1.82) is 0 Å². The van der Waals surface area contributed by atoms with Crippen molar-refractivity contribution in [1.82, 2.24) is 29.8 Å². The number of aryl methyl sites for hydroxylation is 2. The molecule has 1 saturated carbocycles. The summed E-state index contributed by atoms with van der Waals surface area (Å²) in [4.78, 5) is 23.9. The molecule has 158 valence electrons. The van der Waals surface area contributed by atoms with Gasteiger partial charge in [0.25, 0.3) is 5.78 Å². The molecule has 1 aliphatic heterocycles. The number of rotatable bonds is 6. The molecule has 1 aliphatic carbocycles. The van der Waals surface area contributed by atoms with Gasteiger partial charge in [-0.3, -0.25) is 9.69 Å². The Bertz CT molecular complexity index is 852. The van der Waals surface area contributed by atoms with Crippen molar-refractivity contribution >= 4 is 11.7 Å². The molecule has 0 atom stereocenters. The summed E-state index contributed by atoms with van der Waals surface area (Å²) < 4.78 is 7.29. The lowest BCUT2D eigenvalue weighted by molar-refractivity contribution is -0.122. The van der Waals surface area contributed by atoms with Crippen LogP contribution in [0.1, 0.15) is 55.5 Å². The molecule has 0 unspecified atom stereocenters. The third-order valence-corrected chi connectivity index (χ3v) is 6.67. The zero-order chi connectivity index (χ0) is 20.3. The highest BCUT2D eigenvalue weighted by molar-refractivity contribution is 5.76. The predicted molar refractivity (Wildman–Crippen MR) is 110 cm³/mol. The standard InChI is InChI=1S/C21H32N6O2/c1-16-18(17(2)27-20(25-16)23-15-24-27)6-7-19(28)22-14-21(8-4-3-5-9-21)26-10-12-29-13-11-26/h15H,3-14H2,1-2H3,(H,22,28). The van der Waals surface area contributed by atoms with Crippen molar-refractivity contribution in [3.8, 4) is 0 Å². The Morgan fingerprint density at radius 3 is 2.72 bits per heavy atom.